The zero-order valence-electron chi connectivity index (χ0n) is 14.3. The number of carbonyl (C=O) groups is 2. The van der Waals surface area contributed by atoms with E-state index >= 15 is 0 Å². The van der Waals surface area contributed by atoms with Gasteiger partial charge in [0.2, 0.25) is 5.82 Å². The van der Waals surface area contributed by atoms with Crippen LogP contribution in [0.1, 0.15) is 56.4 Å². The first-order chi connectivity index (χ1) is 12.5. The molecule has 0 atom stereocenters. The molecule has 0 saturated carbocycles. The van der Waals surface area contributed by atoms with Gasteiger partial charge in [0.05, 0.1) is 5.56 Å². The first-order valence-corrected chi connectivity index (χ1v) is 9.30. The van der Waals surface area contributed by atoms with Crippen molar-refractivity contribution in [1.29, 1.82) is 0 Å². The van der Waals surface area contributed by atoms with E-state index in [0.29, 0.717) is 16.3 Å². The molecule has 8 nitrogen and oxygen atoms in total. The smallest absolute Gasteiger partial charge is 0.296 e. The van der Waals surface area contributed by atoms with E-state index in [4.69, 9.17) is 5.73 Å². The molecular formula is C17H18N6O2S. The summed E-state index contributed by atoms with van der Waals surface area (Å²) >= 11 is 1.43. The minimum absolute atomic E-state index is 0.00538. The molecule has 134 valence electrons. The van der Waals surface area contributed by atoms with Crippen molar-refractivity contribution in [1.82, 2.24) is 19.6 Å². The number of fused-ring (bicyclic) bond motifs is 2. The van der Waals surface area contributed by atoms with Gasteiger partial charge in [-0.05, 0) is 44.2 Å². The van der Waals surface area contributed by atoms with E-state index in [9.17, 15) is 9.59 Å². The molecule has 0 aliphatic heterocycles. The lowest BCUT2D eigenvalue weighted by Crippen LogP contribution is -2.19. The summed E-state index contributed by atoms with van der Waals surface area (Å²) in [6.45, 7) is 1.85. The van der Waals surface area contributed by atoms with Crippen LogP contribution < -0.4 is 11.1 Å². The Morgan fingerprint density at radius 2 is 2.08 bits per heavy atom. The molecular weight excluding hydrogens is 352 g/mol. The van der Waals surface area contributed by atoms with Gasteiger partial charge >= 0.3 is 0 Å². The Morgan fingerprint density at radius 1 is 1.27 bits per heavy atom. The maximum Gasteiger partial charge on any atom is 0.296 e. The molecule has 1 aliphatic carbocycles. The van der Waals surface area contributed by atoms with Gasteiger partial charge in [-0.3, -0.25) is 9.59 Å². The summed E-state index contributed by atoms with van der Waals surface area (Å²) in [6.07, 6.45) is 6.58. The highest BCUT2D eigenvalue weighted by Gasteiger charge is 2.25. The van der Waals surface area contributed by atoms with E-state index in [1.165, 1.54) is 15.9 Å². The highest BCUT2D eigenvalue weighted by atomic mass is 32.1. The molecule has 3 aromatic heterocycles. The number of nitrogens with one attached hydrogen (secondary N) is 1. The average Bonchev–Trinajstić information content (AvgIpc) is 3.11. The second-order valence-corrected chi connectivity index (χ2v) is 7.43. The minimum atomic E-state index is -0.514. The van der Waals surface area contributed by atoms with Crippen LogP contribution in [0.2, 0.25) is 0 Å². The maximum atomic E-state index is 12.6. The molecule has 3 N–H and O–H groups in total. The maximum absolute atomic E-state index is 12.6. The van der Waals surface area contributed by atoms with Crippen molar-refractivity contribution in [3.8, 4) is 0 Å². The Balaban J connectivity index is 1.69. The van der Waals surface area contributed by atoms with Crippen LogP contribution in [0.3, 0.4) is 0 Å². The largest absolute Gasteiger partial charge is 0.365 e. The summed E-state index contributed by atoms with van der Waals surface area (Å²) in [5.74, 6) is -0.632. The lowest BCUT2D eigenvalue weighted by Gasteiger charge is -2.04. The van der Waals surface area contributed by atoms with Gasteiger partial charge in [-0.25, -0.2) is 9.50 Å². The number of primary amides is 1. The predicted octanol–water partition coefficient (Wildman–Crippen LogP) is 2.11. The molecule has 0 radical (unpaired) electrons. The number of carbonyl (C=O) groups excluding carboxylic acids is 2. The molecule has 0 bridgehead atoms. The van der Waals surface area contributed by atoms with Crippen LogP contribution in [-0.2, 0) is 12.8 Å². The monoisotopic (exact) mass is 370 g/mol. The summed E-state index contributed by atoms with van der Waals surface area (Å²) < 4.78 is 1.51. The number of aryl methyl sites for hydroxylation is 2. The van der Waals surface area contributed by atoms with E-state index in [1.54, 1.807) is 12.3 Å². The molecule has 0 saturated heterocycles. The van der Waals surface area contributed by atoms with Crippen molar-refractivity contribution < 1.29 is 9.59 Å². The normalized spacial score (nSPS) is 14.0. The molecule has 9 heteroatoms. The first kappa shape index (κ1) is 16.6. The third-order valence-corrected chi connectivity index (χ3v) is 5.73. The highest BCUT2D eigenvalue weighted by molar-refractivity contribution is 7.17. The molecule has 0 spiro atoms. The fourth-order valence-corrected chi connectivity index (χ4v) is 4.54. The molecule has 3 heterocycles. The average molecular weight is 370 g/mol. The predicted molar refractivity (Wildman–Crippen MR) is 97.6 cm³/mol. The van der Waals surface area contributed by atoms with Gasteiger partial charge in [-0.1, -0.05) is 6.42 Å². The summed E-state index contributed by atoms with van der Waals surface area (Å²) in [6, 6.07) is 1.78. The van der Waals surface area contributed by atoms with Crippen LogP contribution in [0.25, 0.3) is 5.78 Å². The minimum Gasteiger partial charge on any atom is -0.365 e. The quantitative estimate of drug-likeness (QED) is 0.685. The summed E-state index contributed by atoms with van der Waals surface area (Å²) in [5, 5.41) is 7.46. The Bertz CT molecular complexity index is 1020. The molecule has 2 amide bonds. The summed E-state index contributed by atoms with van der Waals surface area (Å²) in [5.41, 5.74) is 7.83. The Hall–Kier alpha value is -2.81. The van der Waals surface area contributed by atoms with Gasteiger partial charge < -0.3 is 11.1 Å². The number of amides is 2. The van der Waals surface area contributed by atoms with E-state index < -0.39 is 11.8 Å². The van der Waals surface area contributed by atoms with E-state index in [1.807, 2.05) is 6.92 Å². The number of nitrogens with zero attached hydrogens (tertiary/aromatic N) is 4. The van der Waals surface area contributed by atoms with Crippen molar-refractivity contribution in [2.75, 3.05) is 5.32 Å². The SMILES string of the molecule is Cc1ccnc2nc(C(=O)Nc3sc4c(c3C(N)=O)CCCCC4)nn12. The number of hydrogen-bond donors (Lipinski definition) is 2. The molecule has 4 rings (SSSR count). The van der Waals surface area contributed by atoms with E-state index in [0.717, 1.165) is 48.2 Å². The van der Waals surface area contributed by atoms with Gasteiger partial charge in [0, 0.05) is 16.8 Å². The Labute approximate surface area is 153 Å². The summed E-state index contributed by atoms with van der Waals surface area (Å²) in [4.78, 5) is 34.0. The van der Waals surface area contributed by atoms with Crippen LogP contribution in [-0.4, -0.2) is 31.4 Å². The third kappa shape index (κ3) is 2.84. The number of thiophene rings is 1. The Morgan fingerprint density at radius 3 is 2.85 bits per heavy atom. The van der Waals surface area contributed by atoms with Gasteiger partial charge in [-0.2, -0.15) is 4.98 Å². The molecule has 0 unspecified atom stereocenters. The number of anilines is 1. The first-order valence-electron chi connectivity index (χ1n) is 8.48. The van der Waals surface area contributed by atoms with E-state index in [-0.39, 0.29) is 5.82 Å². The van der Waals surface area contributed by atoms with Gasteiger partial charge in [-0.15, -0.1) is 16.4 Å². The van der Waals surface area contributed by atoms with Gasteiger partial charge in [0.15, 0.2) is 0 Å². The van der Waals surface area contributed by atoms with Crippen LogP contribution in [0.4, 0.5) is 5.00 Å². The molecule has 1 aliphatic rings. The fourth-order valence-electron chi connectivity index (χ4n) is 3.25. The second kappa shape index (κ2) is 6.49. The second-order valence-electron chi connectivity index (χ2n) is 6.32. The molecule has 26 heavy (non-hydrogen) atoms. The van der Waals surface area contributed by atoms with Crippen LogP contribution in [0, 0.1) is 6.92 Å². The van der Waals surface area contributed by atoms with Crippen LogP contribution in [0.15, 0.2) is 12.3 Å². The molecule has 3 aromatic rings. The zero-order chi connectivity index (χ0) is 18.3. The lowest BCUT2D eigenvalue weighted by atomic mass is 10.1. The van der Waals surface area contributed by atoms with Crippen LogP contribution in [0.5, 0.6) is 0 Å². The van der Waals surface area contributed by atoms with Gasteiger partial charge in [0.25, 0.3) is 17.6 Å². The molecule has 0 aromatic carbocycles. The van der Waals surface area contributed by atoms with Crippen molar-refractivity contribution in [3.05, 3.63) is 39.8 Å². The van der Waals surface area contributed by atoms with Crippen molar-refractivity contribution in [3.63, 3.8) is 0 Å². The lowest BCUT2D eigenvalue weighted by molar-refractivity contribution is 0.100. The highest BCUT2D eigenvalue weighted by Crippen LogP contribution is 2.37. The summed E-state index contributed by atoms with van der Waals surface area (Å²) in [7, 11) is 0. The standard InChI is InChI=1S/C17H18N6O2S/c1-9-7-8-19-17-20-14(22-23(9)17)15(25)21-16-12(13(18)24)10-5-3-2-4-6-11(10)26-16/h7-8H,2-6H2,1H3,(H2,18,24)(H,21,25). The number of hydrogen-bond acceptors (Lipinski definition) is 6. The number of nitrogens with two attached hydrogens (primary N) is 1. The topological polar surface area (TPSA) is 115 Å². The zero-order valence-corrected chi connectivity index (χ0v) is 15.1. The van der Waals surface area contributed by atoms with Crippen molar-refractivity contribution in [2.24, 2.45) is 5.73 Å². The molecule has 0 fully saturated rings. The third-order valence-electron chi connectivity index (χ3n) is 4.53. The van der Waals surface area contributed by atoms with Crippen molar-refractivity contribution in [2.45, 2.75) is 39.0 Å². The van der Waals surface area contributed by atoms with Gasteiger partial charge in [0.1, 0.15) is 5.00 Å². The number of rotatable bonds is 3. The van der Waals surface area contributed by atoms with Crippen LogP contribution >= 0.6 is 11.3 Å². The van der Waals surface area contributed by atoms with E-state index in [2.05, 4.69) is 20.4 Å². The Kier molecular flexibility index (Phi) is 4.15. The fraction of sp³-hybridized carbons (Fsp3) is 0.353. The van der Waals surface area contributed by atoms with Crippen molar-refractivity contribution >= 4 is 33.9 Å². The number of aromatic nitrogens is 4.